The Hall–Kier alpha value is -0.580. The molecule has 1 aromatic carbocycles. The van der Waals surface area contributed by atoms with E-state index >= 15 is 0 Å². The molecule has 0 radical (unpaired) electrons. The van der Waals surface area contributed by atoms with E-state index in [4.69, 9.17) is 4.74 Å². The quantitative estimate of drug-likeness (QED) is 0.806. The van der Waals surface area contributed by atoms with Crippen molar-refractivity contribution >= 4 is 15.9 Å². The minimum atomic E-state index is -0.435. The fourth-order valence-electron chi connectivity index (χ4n) is 3.03. The fourth-order valence-corrected chi connectivity index (χ4v) is 3.29. The number of ether oxygens (including phenoxy) is 1. The van der Waals surface area contributed by atoms with E-state index in [-0.39, 0.29) is 0 Å². The molecular formula is C17H26BrNO2. The summed E-state index contributed by atoms with van der Waals surface area (Å²) in [6.45, 7) is 4.24. The van der Waals surface area contributed by atoms with Gasteiger partial charge in [-0.2, -0.15) is 0 Å². The molecule has 118 valence electrons. The van der Waals surface area contributed by atoms with Gasteiger partial charge in [0.05, 0.1) is 0 Å². The average molecular weight is 356 g/mol. The molecule has 0 amide bonds. The van der Waals surface area contributed by atoms with E-state index in [0.717, 1.165) is 16.8 Å². The van der Waals surface area contributed by atoms with Crippen LogP contribution in [0.2, 0.25) is 0 Å². The zero-order valence-corrected chi connectivity index (χ0v) is 14.4. The monoisotopic (exact) mass is 355 g/mol. The number of benzene rings is 1. The molecule has 0 aromatic heterocycles. The summed E-state index contributed by atoms with van der Waals surface area (Å²) in [6.07, 6.45) is 6.13. The second-order valence-electron chi connectivity index (χ2n) is 5.80. The smallest absolute Gasteiger partial charge is 0.119 e. The highest BCUT2D eigenvalue weighted by Gasteiger charge is 2.22. The summed E-state index contributed by atoms with van der Waals surface area (Å²) in [6, 6.07) is 8.36. The van der Waals surface area contributed by atoms with Crippen LogP contribution in [0.1, 0.15) is 39.0 Å². The molecule has 0 heterocycles. The molecule has 1 saturated carbocycles. The third-order valence-corrected chi connectivity index (χ3v) is 4.73. The van der Waals surface area contributed by atoms with Gasteiger partial charge in [0.15, 0.2) is 0 Å². The molecule has 0 unspecified atom stereocenters. The van der Waals surface area contributed by atoms with Gasteiger partial charge in [0.1, 0.15) is 18.5 Å². The molecule has 0 bridgehead atoms. The van der Waals surface area contributed by atoms with Gasteiger partial charge in [-0.1, -0.05) is 42.1 Å². The molecule has 0 spiro atoms. The van der Waals surface area contributed by atoms with Gasteiger partial charge in [-0.15, -0.1) is 0 Å². The molecule has 0 saturated heterocycles. The maximum absolute atomic E-state index is 10.2. The van der Waals surface area contributed by atoms with Crippen LogP contribution in [0.3, 0.4) is 0 Å². The van der Waals surface area contributed by atoms with Gasteiger partial charge >= 0.3 is 0 Å². The van der Waals surface area contributed by atoms with Gasteiger partial charge in [0, 0.05) is 17.1 Å². The number of halogens is 1. The topological polar surface area (TPSA) is 32.7 Å². The first-order chi connectivity index (χ1) is 10.2. The Balaban J connectivity index is 1.76. The SMILES string of the molecule is CCN(C[C@H](O)COc1ccc(Br)cc1)C1CCCCC1. The summed E-state index contributed by atoms with van der Waals surface area (Å²) in [5.41, 5.74) is 0. The van der Waals surface area contributed by atoms with E-state index in [1.54, 1.807) is 0 Å². The predicted molar refractivity (Wildman–Crippen MR) is 89.8 cm³/mol. The normalized spacial score (nSPS) is 17.9. The molecule has 21 heavy (non-hydrogen) atoms. The van der Waals surface area contributed by atoms with Crippen LogP contribution in [0.4, 0.5) is 0 Å². The van der Waals surface area contributed by atoms with Crippen molar-refractivity contribution < 1.29 is 9.84 Å². The number of aliphatic hydroxyl groups excluding tert-OH is 1. The van der Waals surface area contributed by atoms with Crippen LogP contribution in [0, 0.1) is 0 Å². The molecule has 0 aliphatic heterocycles. The summed E-state index contributed by atoms with van der Waals surface area (Å²) in [7, 11) is 0. The molecule has 1 aliphatic carbocycles. The Labute approximate surface area is 136 Å². The van der Waals surface area contributed by atoms with E-state index < -0.39 is 6.10 Å². The Kier molecular flexibility index (Phi) is 7.00. The third kappa shape index (κ3) is 5.61. The third-order valence-electron chi connectivity index (χ3n) is 4.20. The first kappa shape index (κ1) is 16.8. The number of nitrogens with zero attached hydrogens (tertiary/aromatic N) is 1. The van der Waals surface area contributed by atoms with Gasteiger partial charge in [-0.05, 0) is 43.7 Å². The summed E-state index contributed by atoms with van der Waals surface area (Å²) in [4.78, 5) is 2.41. The summed E-state index contributed by atoms with van der Waals surface area (Å²) < 4.78 is 6.69. The lowest BCUT2D eigenvalue weighted by Crippen LogP contribution is -2.43. The van der Waals surface area contributed by atoms with Crippen LogP contribution in [0.5, 0.6) is 5.75 Å². The highest BCUT2D eigenvalue weighted by Crippen LogP contribution is 2.22. The molecule has 4 heteroatoms. The van der Waals surface area contributed by atoms with Crippen molar-refractivity contribution in [3.8, 4) is 5.75 Å². The van der Waals surface area contributed by atoms with Crippen molar-refractivity contribution in [2.45, 2.75) is 51.2 Å². The van der Waals surface area contributed by atoms with Crippen LogP contribution in [-0.4, -0.2) is 41.8 Å². The van der Waals surface area contributed by atoms with Gasteiger partial charge in [-0.25, -0.2) is 0 Å². The Morgan fingerprint density at radius 3 is 2.52 bits per heavy atom. The largest absolute Gasteiger partial charge is 0.491 e. The van der Waals surface area contributed by atoms with Crippen LogP contribution < -0.4 is 4.74 Å². The van der Waals surface area contributed by atoms with Crippen molar-refractivity contribution in [3.05, 3.63) is 28.7 Å². The summed E-state index contributed by atoms with van der Waals surface area (Å²) >= 11 is 3.40. The van der Waals surface area contributed by atoms with Crippen LogP contribution in [0.25, 0.3) is 0 Å². The number of hydrogen-bond donors (Lipinski definition) is 1. The van der Waals surface area contributed by atoms with E-state index in [2.05, 4.69) is 27.8 Å². The Morgan fingerprint density at radius 1 is 1.24 bits per heavy atom. The van der Waals surface area contributed by atoms with Crippen LogP contribution in [0.15, 0.2) is 28.7 Å². The molecular weight excluding hydrogens is 330 g/mol. The van der Waals surface area contributed by atoms with Gasteiger partial charge in [-0.3, -0.25) is 4.90 Å². The number of hydrogen-bond acceptors (Lipinski definition) is 3. The lowest BCUT2D eigenvalue weighted by Gasteiger charge is -2.34. The van der Waals surface area contributed by atoms with Crippen LogP contribution >= 0.6 is 15.9 Å². The molecule has 1 aliphatic rings. The first-order valence-electron chi connectivity index (χ1n) is 7.99. The zero-order chi connectivity index (χ0) is 15.1. The lowest BCUT2D eigenvalue weighted by molar-refractivity contribution is 0.0463. The number of likely N-dealkylation sites (N-methyl/N-ethyl adjacent to an activating group) is 1. The molecule has 1 fully saturated rings. The maximum Gasteiger partial charge on any atom is 0.119 e. The highest BCUT2D eigenvalue weighted by atomic mass is 79.9. The lowest BCUT2D eigenvalue weighted by atomic mass is 9.94. The van der Waals surface area contributed by atoms with Crippen molar-refractivity contribution in [1.82, 2.24) is 4.90 Å². The molecule has 2 rings (SSSR count). The predicted octanol–water partition coefficient (Wildman–Crippen LogP) is 3.84. The average Bonchev–Trinajstić information content (AvgIpc) is 2.53. The highest BCUT2D eigenvalue weighted by molar-refractivity contribution is 9.10. The van der Waals surface area contributed by atoms with Crippen LogP contribution in [-0.2, 0) is 0 Å². The van der Waals surface area contributed by atoms with Crippen molar-refractivity contribution in [2.24, 2.45) is 0 Å². The number of rotatable bonds is 7. The summed E-state index contributed by atoms with van der Waals surface area (Å²) in [5, 5.41) is 10.2. The fraction of sp³-hybridized carbons (Fsp3) is 0.647. The van der Waals surface area contributed by atoms with Gasteiger partial charge in [0.25, 0.3) is 0 Å². The molecule has 1 N–H and O–H groups in total. The van der Waals surface area contributed by atoms with Gasteiger partial charge in [0.2, 0.25) is 0 Å². The molecule has 1 atom stereocenters. The van der Waals surface area contributed by atoms with E-state index in [1.165, 1.54) is 32.1 Å². The van der Waals surface area contributed by atoms with E-state index in [9.17, 15) is 5.11 Å². The zero-order valence-electron chi connectivity index (χ0n) is 12.8. The van der Waals surface area contributed by atoms with Crippen molar-refractivity contribution in [1.29, 1.82) is 0 Å². The second-order valence-corrected chi connectivity index (χ2v) is 6.71. The number of aliphatic hydroxyl groups is 1. The maximum atomic E-state index is 10.2. The van der Waals surface area contributed by atoms with Gasteiger partial charge < -0.3 is 9.84 Å². The summed E-state index contributed by atoms with van der Waals surface area (Å²) in [5.74, 6) is 0.804. The Morgan fingerprint density at radius 2 is 1.90 bits per heavy atom. The molecule has 3 nitrogen and oxygen atoms in total. The van der Waals surface area contributed by atoms with Crippen molar-refractivity contribution in [2.75, 3.05) is 19.7 Å². The molecule has 1 aromatic rings. The minimum absolute atomic E-state index is 0.352. The van der Waals surface area contributed by atoms with Crippen molar-refractivity contribution in [3.63, 3.8) is 0 Å². The van der Waals surface area contributed by atoms with E-state index in [1.807, 2.05) is 24.3 Å². The van der Waals surface area contributed by atoms with E-state index in [0.29, 0.717) is 19.2 Å². The Bertz CT molecular complexity index is 404. The second kappa shape index (κ2) is 8.76. The minimum Gasteiger partial charge on any atom is -0.491 e. The standard InChI is InChI=1S/C17H26BrNO2/c1-2-19(15-6-4-3-5-7-15)12-16(20)13-21-17-10-8-14(18)9-11-17/h8-11,15-16,20H,2-7,12-13H2,1H3/t16-/m0/s1. The first-order valence-corrected chi connectivity index (χ1v) is 8.79.